The summed E-state index contributed by atoms with van der Waals surface area (Å²) in [4.78, 5) is 36.0. The molecule has 0 saturated carbocycles. The van der Waals surface area contributed by atoms with Crippen molar-refractivity contribution in [3.63, 3.8) is 0 Å². The molecule has 1 aromatic carbocycles. The van der Waals surface area contributed by atoms with Crippen LogP contribution in [0.15, 0.2) is 18.2 Å². The minimum atomic E-state index is -0.850. The number of benzene rings is 1. The quantitative estimate of drug-likeness (QED) is 0.667. The van der Waals surface area contributed by atoms with Crippen molar-refractivity contribution in [1.82, 2.24) is 10.6 Å². The Morgan fingerprint density at radius 2 is 2.00 bits per heavy atom. The predicted octanol–water partition coefficient (Wildman–Crippen LogP) is 2.24. The molecule has 1 unspecified atom stereocenters. The lowest BCUT2D eigenvalue weighted by Crippen LogP contribution is -2.50. The molecule has 0 bridgehead atoms. The van der Waals surface area contributed by atoms with Crippen LogP contribution in [-0.2, 0) is 18.9 Å². The van der Waals surface area contributed by atoms with Crippen LogP contribution in [0.1, 0.15) is 37.6 Å². The number of hydrogen-bond acceptors (Lipinski definition) is 5. The molecular formula is C17H21BCl2N2O5. The summed E-state index contributed by atoms with van der Waals surface area (Å²) in [6, 6.07) is 4.49. The van der Waals surface area contributed by atoms with Gasteiger partial charge in [0.15, 0.2) is 0 Å². The molecule has 27 heavy (non-hydrogen) atoms. The van der Waals surface area contributed by atoms with E-state index in [9.17, 15) is 14.4 Å². The average molecular weight is 415 g/mol. The van der Waals surface area contributed by atoms with E-state index < -0.39 is 36.9 Å². The normalized spacial score (nSPS) is 17.6. The van der Waals surface area contributed by atoms with Crippen LogP contribution in [0.25, 0.3) is 0 Å². The van der Waals surface area contributed by atoms with Gasteiger partial charge in [0.1, 0.15) is 6.10 Å². The van der Waals surface area contributed by atoms with Crippen molar-refractivity contribution >= 4 is 48.1 Å². The standard InChI is InChI=1S/C17H21BCl2N2O5/c1-9(2)6-14(18-26-10(3)17(25)27-18)22-15(23)8-21-16(24)12-7-11(19)4-5-13(12)20/h4-5,7,9-10,14H,6,8H2,1-3H3,(H,21,24)(H,22,23)/t10-,14?/m0/s1. The molecule has 146 valence electrons. The first-order chi connectivity index (χ1) is 12.7. The van der Waals surface area contributed by atoms with Gasteiger partial charge in [0, 0.05) is 5.02 Å². The first-order valence-corrected chi connectivity index (χ1v) is 9.31. The molecule has 1 aliphatic rings. The molecule has 0 aliphatic carbocycles. The maximum absolute atomic E-state index is 12.3. The predicted molar refractivity (Wildman–Crippen MR) is 103 cm³/mol. The van der Waals surface area contributed by atoms with Gasteiger partial charge < -0.3 is 19.9 Å². The Labute approximate surface area is 168 Å². The Hall–Kier alpha value is -1.77. The van der Waals surface area contributed by atoms with Gasteiger partial charge in [0.05, 0.1) is 23.1 Å². The fourth-order valence-corrected chi connectivity index (χ4v) is 2.98. The van der Waals surface area contributed by atoms with Gasteiger partial charge in [-0.3, -0.25) is 14.4 Å². The van der Waals surface area contributed by atoms with Gasteiger partial charge in [-0.1, -0.05) is 37.0 Å². The van der Waals surface area contributed by atoms with Crippen molar-refractivity contribution in [2.45, 2.75) is 39.2 Å². The van der Waals surface area contributed by atoms with Crippen LogP contribution in [0, 0.1) is 5.92 Å². The fourth-order valence-electron chi connectivity index (χ4n) is 2.60. The van der Waals surface area contributed by atoms with Crippen LogP contribution in [0.3, 0.4) is 0 Å². The SMILES string of the molecule is CC(C)CC(NC(=O)CNC(=O)c1cc(Cl)ccc1Cl)B1OC(=O)[C@H](C)O1. The highest BCUT2D eigenvalue weighted by Gasteiger charge is 2.44. The molecule has 0 spiro atoms. The smallest absolute Gasteiger partial charge is 0.506 e. The van der Waals surface area contributed by atoms with Gasteiger partial charge in [-0.05, 0) is 37.5 Å². The molecular weight excluding hydrogens is 394 g/mol. The minimum absolute atomic E-state index is 0.178. The molecule has 0 radical (unpaired) electrons. The third-order valence-electron chi connectivity index (χ3n) is 3.89. The Morgan fingerprint density at radius 1 is 1.30 bits per heavy atom. The minimum Gasteiger partial charge on any atom is -0.506 e. The molecule has 2 rings (SSSR count). The van der Waals surface area contributed by atoms with E-state index in [1.165, 1.54) is 12.1 Å². The molecule has 0 aromatic heterocycles. The second-order valence-electron chi connectivity index (χ2n) is 6.69. The van der Waals surface area contributed by atoms with Gasteiger partial charge in [-0.15, -0.1) is 0 Å². The Bertz CT molecular complexity index is 731. The largest absolute Gasteiger partial charge is 0.552 e. The maximum atomic E-state index is 12.3. The summed E-state index contributed by atoms with van der Waals surface area (Å²) < 4.78 is 10.6. The molecule has 2 amide bonds. The van der Waals surface area contributed by atoms with E-state index in [2.05, 4.69) is 10.6 Å². The number of carbonyl (C=O) groups is 3. The van der Waals surface area contributed by atoms with E-state index in [-0.39, 0.29) is 23.0 Å². The lowest BCUT2D eigenvalue weighted by Gasteiger charge is -2.21. The second-order valence-corrected chi connectivity index (χ2v) is 7.54. The number of amides is 2. The lowest BCUT2D eigenvalue weighted by molar-refractivity contribution is -0.135. The molecule has 1 aromatic rings. The van der Waals surface area contributed by atoms with Crippen LogP contribution < -0.4 is 10.6 Å². The van der Waals surface area contributed by atoms with Gasteiger partial charge in [-0.2, -0.15) is 0 Å². The lowest BCUT2D eigenvalue weighted by atomic mass is 9.74. The first-order valence-electron chi connectivity index (χ1n) is 8.56. The average Bonchev–Trinajstić information content (AvgIpc) is 2.93. The van der Waals surface area contributed by atoms with E-state index in [0.717, 1.165) is 0 Å². The summed E-state index contributed by atoms with van der Waals surface area (Å²) in [5.74, 6) is -1.71. The number of hydrogen-bond donors (Lipinski definition) is 2. The number of carbonyl (C=O) groups excluding carboxylic acids is 3. The summed E-state index contributed by atoms with van der Waals surface area (Å²) in [7, 11) is -0.850. The molecule has 1 aliphatic heterocycles. The fraction of sp³-hybridized carbons (Fsp3) is 0.471. The van der Waals surface area contributed by atoms with Crippen LogP contribution >= 0.6 is 23.2 Å². The number of halogens is 2. The van der Waals surface area contributed by atoms with Crippen molar-refractivity contribution in [2.75, 3.05) is 6.54 Å². The van der Waals surface area contributed by atoms with Crippen LogP contribution in [-0.4, -0.2) is 43.5 Å². The van der Waals surface area contributed by atoms with Gasteiger partial charge in [0.2, 0.25) is 5.91 Å². The third kappa shape index (κ3) is 6.12. The zero-order chi connectivity index (χ0) is 20.1. The van der Waals surface area contributed by atoms with Crippen molar-refractivity contribution < 1.29 is 23.7 Å². The zero-order valence-electron chi connectivity index (χ0n) is 15.3. The van der Waals surface area contributed by atoms with Crippen molar-refractivity contribution in [1.29, 1.82) is 0 Å². The number of nitrogens with one attached hydrogen (secondary N) is 2. The Kier molecular flexibility index (Phi) is 7.53. The van der Waals surface area contributed by atoms with Crippen molar-refractivity contribution in [3.8, 4) is 0 Å². The topological polar surface area (TPSA) is 93.7 Å². The van der Waals surface area contributed by atoms with E-state index >= 15 is 0 Å². The first kappa shape index (κ1) is 21.5. The number of rotatable bonds is 7. The summed E-state index contributed by atoms with van der Waals surface area (Å²) >= 11 is 11.8. The Balaban J connectivity index is 1.94. The van der Waals surface area contributed by atoms with E-state index in [0.29, 0.717) is 11.4 Å². The molecule has 1 heterocycles. The molecule has 2 atom stereocenters. The summed E-state index contributed by atoms with van der Waals surface area (Å²) in [6.45, 7) is 5.27. The zero-order valence-corrected chi connectivity index (χ0v) is 16.8. The van der Waals surface area contributed by atoms with Crippen molar-refractivity contribution in [2.24, 2.45) is 5.92 Å². The second kappa shape index (κ2) is 9.44. The molecule has 7 nitrogen and oxygen atoms in total. The highest BCUT2D eigenvalue weighted by molar-refractivity contribution is 6.51. The molecule has 1 saturated heterocycles. The van der Waals surface area contributed by atoms with Crippen LogP contribution in [0.5, 0.6) is 0 Å². The van der Waals surface area contributed by atoms with Gasteiger partial charge in [-0.25, -0.2) is 0 Å². The maximum Gasteiger partial charge on any atom is 0.552 e. The summed E-state index contributed by atoms with van der Waals surface area (Å²) in [6.07, 6.45) is -0.129. The Morgan fingerprint density at radius 3 is 2.59 bits per heavy atom. The van der Waals surface area contributed by atoms with Crippen molar-refractivity contribution in [3.05, 3.63) is 33.8 Å². The van der Waals surface area contributed by atoms with Crippen LogP contribution in [0.4, 0.5) is 0 Å². The monoisotopic (exact) mass is 414 g/mol. The van der Waals surface area contributed by atoms with Gasteiger partial charge in [0.25, 0.3) is 5.91 Å². The van der Waals surface area contributed by atoms with E-state index in [1.807, 2.05) is 13.8 Å². The van der Waals surface area contributed by atoms with Gasteiger partial charge >= 0.3 is 13.1 Å². The van der Waals surface area contributed by atoms with E-state index in [4.69, 9.17) is 32.5 Å². The van der Waals surface area contributed by atoms with E-state index in [1.54, 1.807) is 13.0 Å². The highest BCUT2D eigenvalue weighted by Crippen LogP contribution is 2.20. The highest BCUT2D eigenvalue weighted by atomic mass is 35.5. The summed E-state index contributed by atoms with van der Waals surface area (Å²) in [5, 5.41) is 5.83. The summed E-state index contributed by atoms with van der Waals surface area (Å²) in [5.41, 5.74) is 0.178. The van der Waals surface area contributed by atoms with Crippen LogP contribution in [0.2, 0.25) is 10.0 Å². The third-order valence-corrected chi connectivity index (χ3v) is 4.45. The molecule has 2 N–H and O–H groups in total. The molecule has 10 heteroatoms. The molecule has 1 fully saturated rings.